The van der Waals surface area contributed by atoms with Crippen LogP contribution in [0, 0.1) is 0 Å². The summed E-state index contributed by atoms with van der Waals surface area (Å²) in [6, 6.07) is 17.0. The van der Waals surface area contributed by atoms with Crippen molar-refractivity contribution in [1.29, 1.82) is 0 Å². The van der Waals surface area contributed by atoms with Crippen LogP contribution in [-0.2, 0) is 12.0 Å². The molecule has 2 nitrogen and oxygen atoms in total. The van der Waals surface area contributed by atoms with Crippen LogP contribution < -0.4 is 4.74 Å². The minimum atomic E-state index is 0.107. The Bertz CT molecular complexity index is 543. The number of rotatable bonds is 4. The molecule has 22 heavy (non-hydrogen) atoms. The van der Waals surface area contributed by atoms with Crippen LogP contribution in [0.5, 0.6) is 5.75 Å². The van der Waals surface area contributed by atoms with E-state index >= 15 is 0 Å². The lowest BCUT2D eigenvalue weighted by molar-refractivity contribution is 0.281. The highest BCUT2D eigenvalue weighted by atomic mass is 16.5. The fraction of sp³-hybridized carbons (Fsp3) is 0.400. The van der Waals surface area contributed by atoms with E-state index in [2.05, 4.69) is 48.5 Å². The summed E-state index contributed by atoms with van der Waals surface area (Å²) < 4.78 is 5.30. The molecule has 1 fully saturated rings. The highest BCUT2D eigenvalue weighted by Crippen LogP contribution is 2.45. The fourth-order valence-corrected chi connectivity index (χ4v) is 3.74. The molecule has 0 heterocycles. The normalized spacial score (nSPS) is 17.2. The number of ether oxygens (including phenoxy) is 1. The fourth-order valence-electron chi connectivity index (χ4n) is 3.74. The predicted octanol–water partition coefficient (Wildman–Crippen LogP) is 4.44. The maximum absolute atomic E-state index is 9.26. The van der Waals surface area contributed by atoms with Gasteiger partial charge in [0, 0.05) is 5.41 Å². The third-order valence-corrected chi connectivity index (χ3v) is 5.04. The first kappa shape index (κ1) is 15.1. The molecule has 0 radical (unpaired) electrons. The second-order valence-corrected chi connectivity index (χ2v) is 6.23. The summed E-state index contributed by atoms with van der Waals surface area (Å²) in [5.74, 6) is 0.908. The first-order valence-electron chi connectivity index (χ1n) is 8.13. The van der Waals surface area contributed by atoms with Crippen molar-refractivity contribution < 1.29 is 9.84 Å². The van der Waals surface area contributed by atoms with Gasteiger partial charge in [-0.1, -0.05) is 55.7 Å². The zero-order chi connectivity index (χ0) is 15.4. The van der Waals surface area contributed by atoms with E-state index in [1.807, 2.05) is 0 Å². The van der Waals surface area contributed by atoms with Crippen LogP contribution >= 0.6 is 0 Å². The molecule has 1 saturated carbocycles. The minimum absolute atomic E-state index is 0.107. The lowest BCUT2D eigenvalue weighted by Gasteiger charge is -2.38. The second-order valence-electron chi connectivity index (χ2n) is 6.23. The van der Waals surface area contributed by atoms with Gasteiger partial charge in [-0.3, -0.25) is 0 Å². The highest BCUT2D eigenvalue weighted by molar-refractivity contribution is 5.42. The van der Waals surface area contributed by atoms with E-state index in [1.165, 1.54) is 43.2 Å². The molecule has 0 bridgehead atoms. The van der Waals surface area contributed by atoms with E-state index in [0.717, 1.165) is 11.3 Å². The summed E-state index contributed by atoms with van der Waals surface area (Å²) in [5.41, 5.74) is 3.84. The van der Waals surface area contributed by atoms with Gasteiger partial charge in [-0.2, -0.15) is 0 Å². The van der Waals surface area contributed by atoms with Gasteiger partial charge in [0.2, 0.25) is 0 Å². The van der Waals surface area contributed by atoms with Crippen molar-refractivity contribution >= 4 is 0 Å². The number of aliphatic hydroxyl groups excluding tert-OH is 1. The molecule has 0 amide bonds. The summed E-state index contributed by atoms with van der Waals surface area (Å²) in [6.07, 6.45) is 6.25. The number of hydrogen-bond acceptors (Lipinski definition) is 2. The van der Waals surface area contributed by atoms with Crippen molar-refractivity contribution in [2.75, 3.05) is 7.11 Å². The van der Waals surface area contributed by atoms with Crippen molar-refractivity contribution in [2.24, 2.45) is 0 Å². The van der Waals surface area contributed by atoms with Crippen molar-refractivity contribution in [2.45, 2.75) is 44.1 Å². The summed E-state index contributed by atoms with van der Waals surface area (Å²) >= 11 is 0. The third-order valence-electron chi connectivity index (χ3n) is 5.04. The molecule has 0 spiro atoms. The Hall–Kier alpha value is -1.80. The van der Waals surface area contributed by atoms with Crippen LogP contribution in [-0.4, -0.2) is 12.2 Å². The van der Waals surface area contributed by atoms with Gasteiger partial charge in [0.1, 0.15) is 5.75 Å². The number of benzene rings is 2. The molecule has 2 heteroatoms. The Balaban J connectivity index is 2.02. The number of aliphatic hydroxyl groups is 1. The van der Waals surface area contributed by atoms with E-state index < -0.39 is 0 Å². The molecule has 1 aliphatic rings. The molecule has 0 aliphatic heterocycles. The maximum Gasteiger partial charge on any atom is 0.118 e. The molecule has 0 saturated heterocycles. The van der Waals surface area contributed by atoms with E-state index in [0.29, 0.717) is 0 Å². The highest BCUT2D eigenvalue weighted by Gasteiger charge is 2.35. The van der Waals surface area contributed by atoms with Gasteiger partial charge in [-0.05, 0) is 41.7 Å². The van der Waals surface area contributed by atoms with E-state index in [9.17, 15) is 5.11 Å². The van der Waals surface area contributed by atoms with Crippen molar-refractivity contribution in [3.8, 4) is 5.75 Å². The topological polar surface area (TPSA) is 29.5 Å². The Morgan fingerprint density at radius 2 is 1.41 bits per heavy atom. The summed E-state index contributed by atoms with van der Waals surface area (Å²) in [7, 11) is 1.71. The second kappa shape index (κ2) is 6.53. The molecule has 0 aromatic heterocycles. The summed E-state index contributed by atoms with van der Waals surface area (Å²) in [5, 5.41) is 9.26. The first-order chi connectivity index (χ1) is 10.8. The molecule has 3 rings (SSSR count). The van der Waals surface area contributed by atoms with Crippen LogP contribution in [0.1, 0.15) is 48.8 Å². The summed E-state index contributed by atoms with van der Waals surface area (Å²) in [6.45, 7) is 0.107. The lowest BCUT2D eigenvalue weighted by Crippen LogP contribution is -2.30. The Morgan fingerprint density at radius 1 is 0.864 bits per heavy atom. The molecular formula is C20H24O2. The standard InChI is InChI=1S/C20H24O2/c1-22-19-11-9-18(10-12-19)20(13-3-2-4-14-20)17-7-5-16(15-21)6-8-17/h5-12,21H,2-4,13-15H2,1H3. The van der Waals surface area contributed by atoms with Gasteiger partial charge in [0.15, 0.2) is 0 Å². The zero-order valence-corrected chi connectivity index (χ0v) is 13.2. The van der Waals surface area contributed by atoms with Crippen molar-refractivity contribution in [3.63, 3.8) is 0 Å². The largest absolute Gasteiger partial charge is 0.497 e. The van der Waals surface area contributed by atoms with E-state index in [1.54, 1.807) is 7.11 Å². The van der Waals surface area contributed by atoms with Crippen LogP contribution in [0.25, 0.3) is 0 Å². The van der Waals surface area contributed by atoms with Gasteiger partial charge in [0.05, 0.1) is 13.7 Å². The molecule has 1 N–H and O–H groups in total. The third kappa shape index (κ3) is 2.76. The van der Waals surface area contributed by atoms with Crippen LogP contribution in [0.2, 0.25) is 0 Å². The average Bonchev–Trinajstić information content (AvgIpc) is 2.62. The van der Waals surface area contributed by atoms with Crippen LogP contribution in [0.4, 0.5) is 0 Å². The Morgan fingerprint density at radius 3 is 1.91 bits per heavy atom. The Kier molecular flexibility index (Phi) is 4.49. The first-order valence-corrected chi connectivity index (χ1v) is 8.13. The quantitative estimate of drug-likeness (QED) is 0.904. The van der Waals surface area contributed by atoms with Gasteiger partial charge >= 0.3 is 0 Å². The van der Waals surface area contributed by atoms with E-state index in [4.69, 9.17) is 4.74 Å². The van der Waals surface area contributed by atoms with E-state index in [-0.39, 0.29) is 12.0 Å². The Labute approximate surface area is 132 Å². The molecule has 2 aromatic rings. The van der Waals surface area contributed by atoms with Gasteiger partial charge in [0.25, 0.3) is 0 Å². The molecule has 1 aliphatic carbocycles. The zero-order valence-electron chi connectivity index (χ0n) is 13.2. The summed E-state index contributed by atoms with van der Waals surface area (Å²) in [4.78, 5) is 0. The monoisotopic (exact) mass is 296 g/mol. The maximum atomic E-state index is 9.26. The molecule has 0 atom stereocenters. The molecule has 0 unspecified atom stereocenters. The van der Waals surface area contributed by atoms with Crippen molar-refractivity contribution in [3.05, 3.63) is 65.2 Å². The number of hydrogen-bond donors (Lipinski definition) is 1. The molecule has 2 aromatic carbocycles. The van der Waals surface area contributed by atoms with Gasteiger partial charge < -0.3 is 9.84 Å². The average molecular weight is 296 g/mol. The molecule has 116 valence electrons. The SMILES string of the molecule is COc1ccc(C2(c3ccc(CO)cc3)CCCCC2)cc1. The minimum Gasteiger partial charge on any atom is -0.497 e. The molecular weight excluding hydrogens is 272 g/mol. The van der Waals surface area contributed by atoms with Crippen LogP contribution in [0.15, 0.2) is 48.5 Å². The number of methoxy groups -OCH3 is 1. The lowest BCUT2D eigenvalue weighted by atomic mass is 9.65. The van der Waals surface area contributed by atoms with Gasteiger partial charge in [-0.15, -0.1) is 0 Å². The van der Waals surface area contributed by atoms with Gasteiger partial charge in [-0.25, -0.2) is 0 Å². The smallest absolute Gasteiger partial charge is 0.118 e. The van der Waals surface area contributed by atoms with Crippen molar-refractivity contribution in [1.82, 2.24) is 0 Å². The predicted molar refractivity (Wildman–Crippen MR) is 89.2 cm³/mol. The van der Waals surface area contributed by atoms with Crippen LogP contribution in [0.3, 0.4) is 0 Å².